The largest absolute Gasteiger partial charge is 0.488 e. The maximum absolute atomic E-state index is 11.1. The molecule has 0 aliphatic carbocycles. The van der Waals surface area contributed by atoms with Gasteiger partial charge in [0.2, 0.25) is 0 Å². The first kappa shape index (κ1) is 13.3. The normalized spacial score (nSPS) is 11.5. The van der Waals surface area contributed by atoms with Crippen LogP contribution >= 0.6 is 0 Å². The van der Waals surface area contributed by atoms with Crippen molar-refractivity contribution in [2.45, 2.75) is 19.4 Å². The van der Waals surface area contributed by atoms with E-state index in [1.807, 2.05) is 0 Å². The minimum Gasteiger partial charge on any atom is -0.488 e. The van der Waals surface area contributed by atoms with E-state index < -0.39 is 11.6 Å². The fourth-order valence-electron chi connectivity index (χ4n) is 1.70. The predicted octanol–water partition coefficient (Wildman–Crippen LogP) is 2.08. The monoisotopic (exact) mass is 261 g/mol. The molecule has 1 heterocycles. The van der Waals surface area contributed by atoms with Crippen molar-refractivity contribution in [1.29, 1.82) is 0 Å². The fraction of sp³-hybridized carbons (Fsp3) is 0.286. The summed E-state index contributed by atoms with van der Waals surface area (Å²) in [6.07, 6.45) is 1.57. The highest BCUT2D eigenvalue weighted by Gasteiger charge is 2.17. The van der Waals surface area contributed by atoms with E-state index in [1.165, 1.54) is 6.07 Å². The number of carboxylic acid groups (broad SMARTS) is 1. The third-order valence-electron chi connectivity index (χ3n) is 2.54. The summed E-state index contributed by atoms with van der Waals surface area (Å²) in [7, 11) is 0. The Labute approximate surface area is 110 Å². The van der Waals surface area contributed by atoms with Gasteiger partial charge in [-0.05, 0) is 32.0 Å². The minimum atomic E-state index is -1.01. The summed E-state index contributed by atoms with van der Waals surface area (Å²) in [5.74, 6) is -0.547. The van der Waals surface area contributed by atoms with Crippen molar-refractivity contribution in [2.24, 2.45) is 0 Å². The average Bonchev–Trinajstić information content (AvgIpc) is 2.34. The number of carboxylic acids is 1. The summed E-state index contributed by atoms with van der Waals surface area (Å²) in [5, 5.41) is 19.3. The van der Waals surface area contributed by atoms with Gasteiger partial charge < -0.3 is 14.9 Å². The standard InChI is InChI=1S/C14H15NO4/c1-14(2,18)8-19-11-6-5-10(13(16)17)9-4-3-7-15-12(9)11/h3-7,18H,8H2,1-2H3,(H,16,17). The Hall–Kier alpha value is -2.14. The van der Waals surface area contributed by atoms with Crippen molar-refractivity contribution < 1.29 is 19.7 Å². The SMILES string of the molecule is CC(C)(O)COc1ccc(C(=O)O)c2cccnc12. The van der Waals surface area contributed by atoms with Crippen LogP contribution in [0.1, 0.15) is 24.2 Å². The molecule has 0 aliphatic rings. The number of aromatic carboxylic acids is 1. The van der Waals surface area contributed by atoms with Crippen LogP contribution in [-0.2, 0) is 0 Å². The number of aromatic nitrogens is 1. The van der Waals surface area contributed by atoms with Gasteiger partial charge in [0.25, 0.3) is 0 Å². The fourth-order valence-corrected chi connectivity index (χ4v) is 1.70. The molecule has 0 unspecified atom stereocenters. The summed E-state index contributed by atoms with van der Waals surface area (Å²) in [5.41, 5.74) is -0.308. The molecular formula is C14H15NO4. The zero-order valence-corrected chi connectivity index (χ0v) is 10.8. The maximum atomic E-state index is 11.1. The summed E-state index contributed by atoms with van der Waals surface area (Å²) in [6.45, 7) is 3.37. The molecule has 19 heavy (non-hydrogen) atoms. The number of rotatable bonds is 4. The number of hydrogen-bond donors (Lipinski definition) is 2. The van der Waals surface area contributed by atoms with Gasteiger partial charge in [-0.25, -0.2) is 4.79 Å². The lowest BCUT2D eigenvalue weighted by molar-refractivity contribution is 0.0289. The van der Waals surface area contributed by atoms with E-state index in [2.05, 4.69) is 4.98 Å². The summed E-state index contributed by atoms with van der Waals surface area (Å²) >= 11 is 0. The zero-order valence-electron chi connectivity index (χ0n) is 10.8. The molecule has 1 aromatic heterocycles. The van der Waals surface area contributed by atoms with Gasteiger partial charge in [-0.1, -0.05) is 6.07 Å². The van der Waals surface area contributed by atoms with E-state index in [4.69, 9.17) is 9.84 Å². The zero-order chi connectivity index (χ0) is 14.0. The maximum Gasteiger partial charge on any atom is 0.336 e. The number of benzene rings is 1. The van der Waals surface area contributed by atoms with Crippen molar-refractivity contribution in [3.63, 3.8) is 0 Å². The highest BCUT2D eigenvalue weighted by molar-refractivity contribution is 6.04. The number of aliphatic hydroxyl groups is 1. The van der Waals surface area contributed by atoms with E-state index in [0.29, 0.717) is 16.7 Å². The second kappa shape index (κ2) is 4.85. The molecule has 0 saturated heterocycles. The summed E-state index contributed by atoms with van der Waals surface area (Å²) < 4.78 is 5.51. The van der Waals surface area contributed by atoms with E-state index in [9.17, 15) is 9.90 Å². The highest BCUT2D eigenvalue weighted by Crippen LogP contribution is 2.27. The van der Waals surface area contributed by atoms with Crippen LogP contribution in [0, 0.1) is 0 Å². The van der Waals surface area contributed by atoms with E-state index in [0.717, 1.165) is 0 Å². The molecular weight excluding hydrogens is 246 g/mol. The molecule has 0 amide bonds. The molecule has 0 radical (unpaired) electrons. The molecule has 0 fully saturated rings. The molecule has 0 bridgehead atoms. The van der Waals surface area contributed by atoms with Gasteiger partial charge in [0.1, 0.15) is 17.9 Å². The van der Waals surface area contributed by atoms with Crippen molar-refractivity contribution in [3.8, 4) is 5.75 Å². The number of nitrogens with zero attached hydrogens (tertiary/aromatic N) is 1. The molecule has 0 saturated carbocycles. The molecule has 0 atom stereocenters. The van der Waals surface area contributed by atoms with E-state index in [-0.39, 0.29) is 12.2 Å². The Morgan fingerprint density at radius 2 is 2.11 bits per heavy atom. The molecule has 0 aliphatic heterocycles. The second-order valence-electron chi connectivity index (χ2n) is 4.92. The van der Waals surface area contributed by atoms with E-state index >= 15 is 0 Å². The van der Waals surface area contributed by atoms with Crippen molar-refractivity contribution in [2.75, 3.05) is 6.61 Å². The topological polar surface area (TPSA) is 79.7 Å². The van der Waals surface area contributed by atoms with Gasteiger partial charge in [-0.3, -0.25) is 4.98 Å². The first-order valence-electron chi connectivity index (χ1n) is 5.85. The quantitative estimate of drug-likeness (QED) is 0.880. The molecule has 0 spiro atoms. The third kappa shape index (κ3) is 3.00. The number of carbonyl (C=O) groups is 1. The van der Waals surface area contributed by atoms with Crippen LogP contribution in [0.5, 0.6) is 5.75 Å². The number of fused-ring (bicyclic) bond motifs is 1. The van der Waals surface area contributed by atoms with Crippen LogP contribution in [0.2, 0.25) is 0 Å². The van der Waals surface area contributed by atoms with Gasteiger partial charge in [-0.2, -0.15) is 0 Å². The average molecular weight is 261 g/mol. The van der Waals surface area contributed by atoms with Crippen molar-refractivity contribution >= 4 is 16.9 Å². The second-order valence-corrected chi connectivity index (χ2v) is 4.92. The summed E-state index contributed by atoms with van der Waals surface area (Å²) in [4.78, 5) is 15.3. The summed E-state index contributed by atoms with van der Waals surface area (Å²) in [6, 6.07) is 6.40. The van der Waals surface area contributed by atoms with Crippen LogP contribution in [0.3, 0.4) is 0 Å². The molecule has 2 aromatic rings. The molecule has 100 valence electrons. The van der Waals surface area contributed by atoms with Crippen LogP contribution < -0.4 is 4.74 Å². The number of pyridine rings is 1. The van der Waals surface area contributed by atoms with Crippen molar-refractivity contribution in [1.82, 2.24) is 4.98 Å². The molecule has 5 nitrogen and oxygen atoms in total. The van der Waals surface area contributed by atoms with Gasteiger partial charge in [-0.15, -0.1) is 0 Å². The Morgan fingerprint density at radius 1 is 1.37 bits per heavy atom. The molecule has 2 rings (SSSR count). The van der Waals surface area contributed by atoms with Gasteiger partial charge in [0.05, 0.1) is 11.2 Å². The Balaban J connectivity index is 2.47. The highest BCUT2D eigenvalue weighted by atomic mass is 16.5. The van der Waals surface area contributed by atoms with Crippen LogP contribution in [0.15, 0.2) is 30.5 Å². The van der Waals surface area contributed by atoms with E-state index in [1.54, 1.807) is 38.2 Å². The van der Waals surface area contributed by atoms with Crippen LogP contribution in [0.25, 0.3) is 10.9 Å². The molecule has 1 aromatic carbocycles. The smallest absolute Gasteiger partial charge is 0.336 e. The van der Waals surface area contributed by atoms with Crippen LogP contribution in [0.4, 0.5) is 0 Å². The first-order chi connectivity index (χ1) is 8.88. The predicted molar refractivity (Wildman–Crippen MR) is 70.5 cm³/mol. The number of ether oxygens (including phenoxy) is 1. The van der Waals surface area contributed by atoms with Crippen LogP contribution in [-0.4, -0.2) is 33.4 Å². The lowest BCUT2D eigenvalue weighted by atomic mass is 10.1. The third-order valence-corrected chi connectivity index (χ3v) is 2.54. The van der Waals surface area contributed by atoms with Crippen molar-refractivity contribution in [3.05, 3.63) is 36.0 Å². The molecule has 5 heteroatoms. The van der Waals surface area contributed by atoms with Gasteiger partial charge >= 0.3 is 5.97 Å². The number of hydrogen-bond acceptors (Lipinski definition) is 4. The first-order valence-corrected chi connectivity index (χ1v) is 5.85. The van der Waals surface area contributed by atoms with Gasteiger partial charge in [0.15, 0.2) is 0 Å². The van der Waals surface area contributed by atoms with Gasteiger partial charge in [0, 0.05) is 11.6 Å². The molecule has 2 N–H and O–H groups in total. The lowest BCUT2D eigenvalue weighted by Gasteiger charge is -2.18. The Bertz CT molecular complexity index is 616. The Morgan fingerprint density at radius 3 is 2.74 bits per heavy atom. The lowest BCUT2D eigenvalue weighted by Crippen LogP contribution is -2.28. The Kier molecular flexibility index (Phi) is 3.40. The minimum absolute atomic E-state index is 0.102.